The first-order valence-corrected chi connectivity index (χ1v) is 8.87. The SMILES string of the molecule is Cc1cc(C)c(NC(=O)c2cc(C(=O)Nc3c(F)cccc3F)ccn2)c(C)c1. The van der Waals surface area contributed by atoms with Gasteiger partial charge >= 0.3 is 0 Å². The maximum Gasteiger partial charge on any atom is 0.274 e. The molecule has 148 valence electrons. The van der Waals surface area contributed by atoms with Crippen molar-refractivity contribution >= 4 is 23.2 Å². The minimum absolute atomic E-state index is 0.00558. The van der Waals surface area contributed by atoms with Crippen molar-refractivity contribution in [1.82, 2.24) is 4.98 Å². The van der Waals surface area contributed by atoms with Crippen molar-refractivity contribution in [3.63, 3.8) is 0 Å². The Morgan fingerprint density at radius 2 is 1.41 bits per heavy atom. The molecule has 0 radical (unpaired) electrons. The van der Waals surface area contributed by atoms with Crippen LogP contribution in [0.2, 0.25) is 0 Å². The summed E-state index contributed by atoms with van der Waals surface area (Å²) in [5.74, 6) is -3.04. The number of halogens is 2. The monoisotopic (exact) mass is 395 g/mol. The van der Waals surface area contributed by atoms with Gasteiger partial charge in [0.2, 0.25) is 0 Å². The van der Waals surface area contributed by atoms with E-state index >= 15 is 0 Å². The zero-order chi connectivity index (χ0) is 21.1. The van der Waals surface area contributed by atoms with Gasteiger partial charge in [0.05, 0.1) is 0 Å². The van der Waals surface area contributed by atoms with Crippen molar-refractivity contribution in [3.05, 3.63) is 88.2 Å². The second-order valence-electron chi connectivity index (χ2n) is 6.71. The summed E-state index contributed by atoms with van der Waals surface area (Å²) in [6.07, 6.45) is 1.29. The number of aromatic nitrogens is 1. The number of hydrogen-bond acceptors (Lipinski definition) is 3. The summed E-state index contributed by atoms with van der Waals surface area (Å²) >= 11 is 0. The zero-order valence-corrected chi connectivity index (χ0v) is 16.1. The minimum Gasteiger partial charge on any atom is -0.320 e. The Bertz CT molecular complexity index is 1070. The van der Waals surface area contributed by atoms with Gasteiger partial charge in [-0.05, 0) is 56.2 Å². The van der Waals surface area contributed by atoms with E-state index in [1.54, 1.807) is 0 Å². The standard InChI is InChI=1S/C22H19F2N3O2/c1-12-9-13(2)19(14(3)10-12)26-22(29)18-11-15(7-8-25-18)21(28)27-20-16(23)5-4-6-17(20)24/h4-11H,1-3H3,(H,26,29)(H,27,28). The van der Waals surface area contributed by atoms with Crippen LogP contribution in [-0.4, -0.2) is 16.8 Å². The van der Waals surface area contributed by atoms with Crippen LogP contribution in [0.1, 0.15) is 37.5 Å². The van der Waals surface area contributed by atoms with E-state index in [1.807, 2.05) is 32.9 Å². The lowest BCUT2D eigenvalue weighted by atomic mass is 10.0. The normalized spacial score (nSPS) is 10.5. The Kier molecular flexibility index (Phi) is 5.68. The number of nitrogens with zero attached hydrogens (tertiary/aromatic N) is 1. The highest BCUT2D eigenvalue weighted by Gasteiger charge is 2.17. The van der Waals surface area contributed by atoms with Crippen LogP contribution < -0.4 is 10.6 Å². The van der Waals surface area contributed by atoms with Gasteiger partial charge in [0.1, 0.15) is 23.0 Å². The molecule has 3 aromatic rings. The molecular formula is C22H19F2N3O2. The van der Waals surface area contributed by atoms with Crippen LogP contribution in [0.5, 0.6) is 0 Å². The fourth-order valence-electron chi connectivity index (χ4n) is 3.05. The first-order chi connectivity index (χ1) is 13.8. The van der Waals surface area contributed by atoms with Crippen LogP contribution in [-0.2, 0) is 0 Å². The van der Waals surface area contributed by atoms with E-state index in [1.165, 1.54) is 24.4 Å². The van der Waals surface area contributed by atoms with Gasteiger partial charge in [0.25, 0.3) is 11.8 Å². The van der Waals surface area contributed by atoms with E-state index in [0.717, 1.165) is 28.8 Å². The van der Waals surface area contributed by atoms with Crippen molar-refractivity contribution in [1.29, 1.82) is 0 Å². The average Bonchev–Trinajstić information content (AvgIpc) is 2.67. The number of aryl methyl sites for hydroxylation is 3. The predicted molar refractivity (Wildman–Crippen MR) is 107 cm³/mol. The molecule has 2 aromatic carbocycles. The third-order valence-corrected chi connectivity index (χ3v) is 4.37. The van der Waals surface area contributed by atoms with Gasteiger partial charge in [-0.3, -0.25) is 14.6 Å². The van der Waals surface area contributed by atoms with Crippen LogP contribution in [0.25, 0.3) is 0 Å². The Labute approximate surface area is 166 Å². The van der Waals surface area contributed by atoms with Crippen molar-refractivity contribution in [3.8, 4) is 0 Å². The number of benzene rings is 2. The van der Waals surface area contributed by atoms with E-state index < -0.39 is 29.1 Å². The van der Waals surface area contributed by atoms with Crippen LogP contribution >= 0.6 is 0 Å². The van der Waals surface area contributed by atoms with E-state index in [4.69, 9.17) is 0 Å². The molecule has 0 saturated heterocycles. The predicted octanol–water partition coefficient (Wildman–Crippen LogP) is 4.79. The lowest BCUT2D eigenvalue weighted by molar-refractivity contribution is 0.102. The summed E-state index contributed by atoms with van der Waals surface area (Å²) in [5, 5.41) is 4.99. The first kappa shape index (κ1) is 20.1. The number of amides is 2. The van der Waals surface area contributed by atoms with E-state index in [9.17, 15) is 18.4 Å². The lowest BCUT2D eigenvalue weighted by Crippen LogP contribution is -2.18. The lowest BCUT2D eigenvalue weighted by Gasteiger charge is -2.13. The Morgan fingerprint density at radius 1 is 0.828 bits per heavy atom. The van der Waals surface area contributed by atoms with Crippen LogP contribution in [0.3, 0.4) is 0 Å². The third kappa shape index (κ3) is 4.45. The summed E-state index contributed by atoms with van der Waals surface area (Å²) in [7, 11) is 0. The van der Waals surface area contributed by atoms with Crippen LogP contribution in [0.15, 0.2) is 48.7 Å². The Balaban J connectivity index is 1.82. The third-order valence-electron chi connectivity index (χ3n) is 4.37. The number of carbonyl (C=O) groups is 2. The van der Waals surface area contributed by atoms with E-state index in [-0.39, 0.29) is 11.3 Å². The highest BCUT2D eigenvalue weighted by Crippen LogP contribution is 2.23. The molecule has 2 N–H and O–H groups in total. The topological polar surface area (TPSA) is 71.1 Å². The number of pyridine rings is 1. The molecule has 0 unspecified atom stereocenters. The van der Waals surface area contributed by atoms with Gasteiger partial charge < -0.3 is 10.6 Å². The molecule has 0 aliphatic carbocycles. The molecule has 1 aromatic heterocycles. The molecule has 5 nitrogen and oxygen atoms in total. The van der Waals surface area contributed by atoms with Crippen LogP contribution in [0.4, 0.5) is 20.2 Å². The number of rotatable bonds is 4. The first-order valence-electron chi connectivity index (χ1n) is 8.87. The van der Waals surface area contributed by atoms with Crippen molar-refractivity contribution in [2.24, 2.45) is 0 Å². The Hall–Kier alpha value is -3.61. The fourth-order valence-corrected chi connectivity index (χ4v) is 3.05. The molecule has 0 bridgehead atoms. The smallest absolute Gasteiger partial charge is 0.274 e. The molecule has 0 spiro atoms. The summed E-state index contributed by atoms with van der Waals surface area (Å²) < 4.78 is 27.5. The molecule has 0 aliphatic heterocycles. The average molecular weight is 395 g/mol. The van der Waals surface area contributed by atoms with Gasteiger partial charge in [0.15, 0.2) is 0 Å². The molecule has 0 saturated carbocycles. The van der Waals surface area contributed by atoms with Gasteiger partial charge in [-0.15, -0.1) is 0 Å². The molecule has 29 heavy (non-hydrogen) atoms. The maximum atomic E-state index is 13.7. The summed E-state index contributed by atoms with van der Waals surface area (Å²) in [6.45, 7) is 5.74. The summed E-state index contributed by atoms with van der Waals surface area (Å²) in [6, 6.07) is 9.79. The maximum absolute atomic E-state index is 13.7. The number of nitrogens with one attached hydrogen (secondary N) is 2. The Morgan fingerprint density at radius 3 is 2.03 bits per heavy atom. The van der Waals surface area contributed by atoms with E-state index in [0.29, 0.717) is 5.69 Å². The molecule has 1 heterocycles. The summed E-state index contributed by atoms with van der Waals surface area (Å²) in [4.78, 5) is 29.0. The second-order valence-corrected chi connectivity index (χ2v) is 6.71. The number of anilines is 2. The molecule has 0 aliphatic rings. The van der Waals surface area contributed by atoms with Crippen molar-refractivity contribution in [2.75, 3.05) is 10.6 Å². The van der Waals surface area contributed by atoms with Crippen molar-refractivity contribution < 1.29 is 18.4 Å². The van der Waals surface area contributed by atoms with Gasteiger partial charge in [-0.25, -0.2) is 8.78 Å². The van der Waals surface area contributed by atoms with E-state index in [2.05, 4.69) is 15.6 Å². The number of carbonyl (C=O) groups excluding carboxylic acids is 2. The minimum atomic E-state index is -0.893. The molecule has 7 heteroatoms. The molecule has 0 atom stereocenters. The molecule has 3 rings (SSSR count). The van der Waals surface area contributed by atoms with Crippen LogP contribution in [0, 0.1) is 32.4 Å². The molecular weight excluding hydrogens is 376 g/mol. The largest absolute Gasteiger partial charge is 0.320 e. The summed E-state index contributed by atoms with van der Waals surface area (Å²) in [5.41, 5.74) is 3.06. The highest BCUT2D eigenvalue weighted by atomic mass is 19.1. The van der Waals surface area contributed by atoms with Gasteiger partial charge in [-0.1, -0.05) is 23.8 Å². The number of hydrogen-bond donors (Lipinski definition) is 2. The molecule has 2 amide bonds. The fraction of sp³-hybridized carbons (Fsp3) is 0.136. The highest BCUT2D eigenvalue weighted by molar-refractivity contribution is 6.08. The quantitative estimate of drug-likeness (QED) is 0.667. The zero-order valence-electron chi connectivity index (χ0n) is 16.1. The molecule has 0 fully saturated rings. The van der Waals surface area contributed by atoms with Gasteiger partial charge in [-0.2, -0.15) is 0 Å². The second kappa shape index (κ2) is 8.18. The number of para-hydroxylation sites is 1. The van der Waals surface area contributed by atoms with Gasteiger partial charge in [0, 0.05) is 17.4 Å². The van der Waals surface area contributed by atoms with Crippen molar-refractivity contribution in [2.45, 2.75) is 20.8 Å².